The van der Waals surface area contributed by atoms with Gasteiger partial charge in [-0.15, -0.1) is 5.10 Å². The number of rotatable bonds is 5. The Morgan fingerprint density at radius 3 is 2.94 bits per heavy atom. The summed E-state index contributed by atoms with van der Waals surface area (Å²) in [6.07, 6.45) is 6.55. The molecule has 0 aliphatic heterocycles. The molecule has 0 spiro atoms. The Bertz CT molecular complexity index is 430. The van der Waals surface area contributed by atoms with Crippen molar-refractivity contribution in [1.82, 2.24) is 24.5 Å². The molecule has 0 radical (unpaired) electrons. The van der Waals surface area contributed by atoms with Crippen molar-refractivity contribution >= 4 is 5.95 Å². The molecular weight excluding hydrogens is 204 g/mol. The maximum atomic E-state index is 4.36. The van der Waals surface area contributed by atoms with Gasteiger partial charge in [0.2, 0.25) is 5.95 Å². The third-order valence-electron chi connectivity index (χ3n) is 2.32. The average Bonchev–Trinajstić information content (AvgIpc) is 2.84. The number of aryl methyl sites for hydroxylation is 3. The van der Waals surface area contributed by atoms with Gasteiger partial charge < -0.3 is 9.88 Å². The summed E-state index contributed by atoms with van der Waals surface area (Å²) in [4.78, 5) is 4.36. The zero-order chi connectivity index (χ0) is 11.4. The molecule has 0 saturated heterocycles. The van der Waals surface area contributed by atoms with E-state index in [0.29, 0.717) is 0 Å². The Morgan fingerprint density at radius 2 is 2.31 bits per heavy atom. The maximum Gasteiger partial charge on any atom is 0.202 e. The van der Waals surface area contributed by atoms with E-state index in [1.54, 1.807) is 6.20 Å². The first-order valence-corrected chi connectivity index (χ1v) is 5.33. The lowest BCUT2D eigenvalue weighted by molar-refractivity contribution is 0.568. The van der Waals surface area contributed by atoms with Crippen LogP contribution in [-0.4, -0.2) is 31.1 Å². The predicted molar refractivity (Wildman–Crippen MR) is 61.1 cm³/mol. The van der Waals surface area contributed by atoms with Gasteiger partial charge in [-0.05, 0) is 13.3 Å². The van der Waals surface area contributed by atoms with Crippen LogP contribution in [0.1, 0.15) is 12.1 Å². The van der Waals surface area contributed by atoms with Gasteiger partial charge in [0.25, 0.3) is 0 Å². The van der Waals surface area contributed by atoms with Crippen LogP contribution in [0.3, 0.4) is 0 Å². The lowest BCUT2D eigenvalue weighted by atomic mass is 10.4. The number of anilines is 1. The van der Waals surface area contributed by atoms with E-state index in [1.807, 2.05) is 35.6 Å². The standard InChI is InChI=1S/C10H16N6/c1-9-8-15(2)10(13-9)11-4-3-6-16-7-5-12-14-16/h5,7-8H,3-4,6H2,1-2H3,(H,11,13). The highest BCUT2D eigenvalue weighted by Gasteiger charge is 2.00. The largest absolute Gasteiger partial charge is 0.356 e. The summed E-state index contributed by atoms with van der Waals surface area (Å²) in [5.41, 5.74) is 1.03. The molecule has 2 aromatic heterocycles. The Hall–Kier alpha value is -1.85. The minimum absolute atomic E-state index is 0.871. The van der Waals surface area contributed by atoms with E-state index in [9.17, 15) is 0 Å². The molecule has 0 atom stereocenters. The fraction of sp³-hybridized carbons (Fsp3) is 0.500. The summed E-state index contributed by atoms with van der Waals surface area (Å²) in [6.45, 7) is 3.74. The lowest BCUT2D eigenvalue weighted by Crippen LogP contribution is -2.10. The average molecular weight is 220 g/mol. The highest BCUT2D eigenvalue weighted by molar-refractivity contribution is 5.27. The number of imidazole rings is 1. The molecular formula is C10H16N6. The van der Waals surface area contributed by atoms with Crippen molar-refractivity contribution in [2.45, 2.75) is 19.9 Å². The summed E-state index contributed by atoms with van der Waals surface area (Å²) in [7, 11) is 1.99. The van der Waals surface area contributed by atoms with Crippen LogP contribution in [0.25, 0.3) is 0 Å². The van der Waals surface area contributed by atoms with Gasteiger partial charge in [-0.25, -0.2) is 4.98 Å². The second-order valence-electron chi connectivity index (χ2n) is 3.76. The van der Waals surface area contributed by atoms with Crippen molar-refractivity contribution in [1.29, 1.82) is 0 Å². The zero-order valence-electron chi connectivity index (χ0n) is 9.59. The highest BCUT2D eigenvalue weighted by Crippen LogP contribution is 2.05. The molecule has 0 bridgehead atoms. The Morgan fingerprint density at radius 1 is 1.44 bits per heavy atom. The fourth-order valence-electron chi connectivity index (χ4n) is 1.57. The van der Waals surface area contributed by atoms with E-state index in [0.717, 1.165) is 31.2 Å². The molecule has 0 amide bonds. The van der Waals surface area contributed by atoms with Gasteiger partial charge in [-0.1, -0.05) is 5.21 Å². The summed E-state index contributed by atoms with van der Waals surface area (Å²) >= 11 is 0. The summed E-state index contributed by atoms with van der Waals surface area (Å²) < 4.78 is 3.82. The van der Waals surface area contributed by atoms with E-state index in [2.05, 4.69) is 20.6 Å². The number of hydrogen-bond donors (Lipinski definition) is 1. The predicted octanol–water partition coefficient (Wildman–Crippen LogP) is 0.822. The van der Waals surface area contributed by atoms with Gasteiger partial charge in [0.05, 0.1) is 11.9 Å². The van der Waals surface area contributed by atoms with Gasteiger partial charge in [0.1, 0.15) is 0 Å². The molecule has 0 unspecified atom stereocenters. The van der Waals surface area contributed by atoms with E-state index in [-0.39, 0.29) is 0 Å². The van der Waals surface area contributed by atoms with Crippen LogP contribution in [0.15, 0.2) is 18.6 Å². The minimum atomic E-state index is 0.871. The van der Waals surface area contributed by atoms with Crippen LogP contribution < -0.4 is 5.32 Å². The Labute approximate surface area is 94.3 Å². The van der Waals surface area contributed by atoms with Crippen molar-refractivity contribution in [2.75, 3.05) is 11.9 Å². The second kappa shape index (κ2) is 4.78. The molecule has 2 rings (SSSR count). The SMILES string of the molecule is Cc1cn(C)c(NCCCn2ccnn2)n1. The first-order valence-electron chi connectivity index (χ1n) is 5.33. The molecule has 2 aromatic rings. The highest BCUT2D eigenvalue weighted by atomic mass is 15.4. The van der Waals surface area contributed by atoms with Crippen molar-refractivity contribution in [3.8, 4) is 0 Å². The van der Waals surface area contributed by atoms with Crippen LogP contribution in [-0.2, 0) is 13.6 Å². The van der Waals surface area contributed by atoms with Gasteiger partial charge in [-0.3, -0.25) is 4.68 Å². The molecule has 0 aliphatic carbocycles. The smallest absolute Gasteiger partial charge is 0.202 e. The van der Waals surface area contributed by atoms with Crippen molar-refractivity contribution in [3.05, 3.63) is 24.3 Å². The first kappa shape index (κ1) is 10.7. The second-order valence-corrected chi connectivity index (χ2v) is 3.76. The normalized spacial score (nSPS) is 10.6. The molecule has 16 heavy (non-hydrogen) atoms. The quantitative estimate of drug-likeness (QED) is 0.758. The van der Waals surface area contributed by atoms with E-state index in [1.165, 1.54) is 0 Å². The van der Waals surface area contributed by atoms with E-state index < -0.39 is 0 Å². The number of nitrogens with zero attached hydrogens (tertiary/aromatic N) is 5. The van der Waals surface area contributed by atoms with Crippen molar-refractivity contribution < 1.29 is 0 Å². The number of hydrogen-bond acceptors (Lipinski definition) is 4. The van der Waals surface area contributed by atoms with Gasteiger partial charge in [-0.2, -0.15) is 0 Å². The molecule has 0 fully saturated rings. The summed E-state index contributed by atoms with van der Waals surface area (Å²) in [6, 6.07) is 0. The molecule has 1 N–H and O–H groups in total. The molecule has 6 heteroatoms. The molecule has 0 aliphatic rings. The van der Waals surface area contributed by atoms with Crippen LogP contribution in [0.4, 0.5) is 5.95 Å². The van der Waals surface area contributed by atoms with Crippen molar-refractivity contribution in [3.63, 3.8) is 0 Å². The van der Waals surface area contributed by atoms with Crippen LogP contribution >= 0.6 is 0 Å². The van der Waals surface area contributed by atoms with Gasteiger partial charge >= 0.3 is 0 Å². The van der Waals surface area contributed by atoms with Crippen LogP contribution in [0, 0.1) is 6.92 Å². The van der Waals surface area contributed by atoms with E-state index in [4.69, 9.17) is 0 Å². The molecule has 0 saturated carbocycles. The molecule has 0 aromatic carbocycles. The fourth-order valence-corrected chi connectivity index (χ4v) is 1.57. The van der Waals surface area contributed by atoms with E-state index >= 15 is 0 Å². The zero-order valence-corrected chi connectivity index (χ0v) is 9.59. The third kappa shape index (κ3) is 2.59. The topological polar surface area (TPSA) is 60.6 Å². The summed E-state index contributed by atoms with van der Waals surface area (Å²) in [5.74, 6) is 0.913. The first-order chi connectivity index (χ1) is 7.75. The number of aromatic nitrogens is 5. The van der Waals surface area contributed by atoms with Gasteiger partial charge in [0.15, 0.2) is 0 Å². The lowest BCUT2D eigenvalue weighted by Gasteiger charge is -2.05. The summed E-state index contributed by atoms with van der Waals surface area (Å²) in [5, 5.41) is 10.9. The van der Waals surface area contributed by atoms with Crippen LogP contribution in [0.2, 0.25) is 0 Å². The van der Waals surface area contributed by atoms with Crippen molar-refractivity contribution in [2.24, 2.45) is 7.05 Å². The Kier molecular flexibility index (Phi) is 3.19. The Balaban J connectivity index is 1.74. The molecule has 6 nitrogen and oxygen atoms in total. The third-order valence-corrected chi connectivity index (χ3v) is 2.32. The minimum Gasteiger partial charge on any atom is -0.356 e. The number of nitrogens with one attached hydrogen (secondary N) is 1. The van der Waals surface area contributed by atoms with Gasteiger partial charge in [0, 0.05) is 32.5 Å². The van der Waals surface area contributed by atoms with Crippen LogP contribution in [0.5, 0.6) is 0 Å². The molecule has 86 valence electrons. The maximum absolute atomic E-state index is 4.36. The molecule has 2 heterocycles. The monoisotopic (exact) mass is 220 g/mol.